The van der Waals surface area contributed by atoms with E-state index in [1.54, 1.807) is 16.6 Å². The van der Waals surface area contributed by atoms with Crippen molar-refractivity contribution < 1.29 is 14.3 Å². The molecule has 0 spiro atoms. The van der Waals surface area contributed by atoms with Crippen molar-refractivity contribution in [2.24, 2.45) is 10.7 Å². The Hall–Kier alpha value is -7.20. The highest BCUT2D eigenvalue weighted by molar-refractivity contribution is 5.79. The standard InChI is InChI=1S/C23H22N6O.C16H18N6O.C7H6O/c1-3-7-18(8-4-1)16-24-17-20-15-21(28-11-13-30-14-12-28)29-23(25-20)26-22(27-29)19-9-5-2-6-10-19;17-11-13-10-14(21-6-8-23-9-7-21)22-16(18-13)19-15(20-22)12-4-2-1-3-5-12;8-6-7-4-2-1-3-5-7/h1-10,15-16H,11-14,17H2;1-5,10H,6-9,11,17H2;1-6H. The highest BCUT2D eigenvalue weighted by Gasteiger charge is 2.20. The molecule has 0 atom stereocenters. The molecular weight excluding hydrogens is 769 g/mol. The summed E-state index contributed by atoms with van der Waals surface area (Å²) >= 11 is 0. The molecular formula is C46H46N12O3. The van der Waals surface area contributed by atoms with Crippen molar-refractivity contribution in [2.75, 3.05) is 62.4 Å². The van der Waals surface area contributed by atoms with Gasteiger partial charge in [0.15, 0.2) is 11.6 Å². The number of carbonyl (C=O) groups excluding carboxylic acids is 1. The molecule has 2 aliphatic heterocycles. The van der Waals surface area contributed by atoms with E-state index in [4.69, 9.17) is 30.3 Å². The molecule has 10 rings (SSSR count). The maximum absolute atomic E-state index is 10.0. The van der Waals surface area contributed by atoms with E-state index in [-0.39, 0.29) is 0 Å². The Morgan fingerprint density at radius 2 is 0.984 bits per heavy atom. The first-order valence-corrected chi connectivity index (χ1v) is 20.2. The fraction of sp³-hybridized carbons (Fsp3) is 0.217. The molecule has 0 unspecified atom stereocenters. The van der Waals surface area contributed by atoms with E-state index < -0.39 is 0 Å². The number of nitrogens with two attached hydrogens (primary N) is 1. The highest BCUT2D eigenvalue weighted by atomic mass is 16.5. The number of anilines is 2. The summed E-state index contributed by atoms with van der Waals surface area (Å²) < 4.78 is 14.6. The van der Waals surface area contributed by atoms with Gasteiger partial charge in [-0.05, 0) is 5.56 Å². The topological polar surface area (TPSA) is 167 Å². The Balaban J connectivity index is 0.000000146. The normalized spacial score (nSPS) is 14.0. The fourth-order valence-electron chi connectivity index (χ4n) is 6.76. The second-order valence-corrected chi connectivity index (χ2v) is 14.0. The predicted molar refractivity (Wildman–Crippen MR) is 236 cm³/mol. The molecule has 0 saturated carbocycles. The van der Waals surface area contributed by atoms with Gasteiger partial charge in [-0.3, -0.25) is 9.79 Å². The van der Waals surface area contributed by atoms with E-state index in [1.807, 2.05) is 126 Å². The molecule has 4 aromatic heterocycles. The number of aromatic nitrogens is 8. The monoisotopic (exact) mass is 814 g/mol. The largest absolute Gasteiger partial charge is 0.378 e. The number of aliphatic imine (C=N–C) groups is 1. The van der Waals surface area contributed by atoms with Gasteiger partial charge >= 0.3 is 0 Å². The summed E-state index contributed by atoms with van der Waals surface area (Å²) in [5, 5.41) is 9.40. The second-order valence-electron chi connectivity index (χ2n) is 14.0. The van der Waals surface area contributed by atoms with Gasteiger partial charge in [0.25, 0.3) is 11.6 Å². The van der Waals surface area contributed by atoms with Crippen LogP contribution in [0.1, 0.15) is 27.3 Å². The van der Waals surface area contributed by atoms with Gasteiger partial charge in [-0.25, -0.2) is 9.97 Å². The van der Waals surface area contributed by atoms with Gasteiger partial charge in [-0.1, -0.05) is 121 Å². The number of carbonyl (C=O) groups is 1. The number of nitrogens with zero attached hydrogens (tertiary/aromatic N) is 11. The van der Waals surface area contributed by atoms with Crippen LogP contribution in [0.4, 0.5) is 11.6 Å². The lowest BCUT2D eigenvalue weighted by Gasteiger charge is -2.28. The molecule has 61 heavy (non-hydrogen) atoms. The van der Waals surface area contributed by atoms with E-state index in [2.05, 4.69) is 35.9 Å². The number of aldehydes is 1. The third-order valence-corrected chi connectivity index (χ3v) is 9.86. The molecule has 2 N–H and O–H groups in total. The minimum Gasteiger partial charge on any atom is -0.378 e. The van der Waals surface area contributed by atoms with Crippen molar-refractivity contribution in [1.29, 1.82) is 0 Å². The Labute approximate surface area is 353 Å². The fourth-order valence-corrected chi connectivity index (χ4v) is 6.76. The lowest BCUT2D eigenvalue weighted by atomic mass is 10.2. The Kier molecular flexibility index (Phi) is 13.4. The van der Waals surface area contributed by atoms with Crippen molar-refractivity contribution >= 4 is 35.7 Å². The van der Waals surface area contributed by atoms with Crippen LogP contribution in [0.2, 0.25) is 0 Å². The molecule has 2 fully saturated rings. The molecule has 2 saturated heterocycles. The number of rotatable bonds is 9. The molecule has 6 heterocycles. The average molecular weight is 815 g/mol. The molecule has 4 aromatic carbocycles. The zero-order valence-electron chi connectivity index (χ0n) is 33.6. The molecule has 15 nitrogen and oxygen atoms in total. The summed E-state index contributed by atoms with van der Waals surface area (Å²) in [5.74, 6) is 4.44. The summed E-state index contributed by atoms with van der Waals surface area (Å²) in [6.07, 6.45) is 2.71. The minimum atomic E-state index is 0.376. The molecule has 8 aromatic rings. The van der Waals surface area contributed by atoms with Crippen LogP contribution in [0.5, 0.6) is 0 Å². The minimum absolute atomic E-state index is 0.376. The zero-order chi connectivity index (χ0) is 41.6. The molecule has 0 aliphatic carbocycles. The van der Waals surface area contributed by atoms with Crippen molar-refractivity contribution in [2.45, 2.75) is 13.1 Å². The van der Waals surface area contributed by atoms with E-state index in [0.29, 0.717) is 62.7 Å². The van der Waals surface area contributed by atoms with Crippen LogP contribution >= 0.6 is 0 Å². The maximum Gasteiger partial charge on any atom is 0.254 e. The first-order valence-electron chi connectivity index (χ1n) is 20.2. The van der Waals surface area contributed by atoms with Gasteiger partial charge in [0.05, 0.1) is 44.4 Å². The van der Waals surface area contributed by atoms with Crippen LogP contribution in [-0.4, -0.2) is 104 Å². The molecule has 0 bridgehead atoms. The van der Waals surface area contributed by atoms with Crippen molar-refractivity contribution in [3.8, 4) is 22.8 Å². The maximum atomic E-state index is 10.0. The highest BCUT2D eigenvalue weighted by Crippen LogP contribution is 2.24. The summed E-state index contributed by atoms with van der Waals surface area (Å²) in [5.41, 5.74) is 11.2. The summed E-state index contributed by atoms with van der Waals surface area (Å²) in [6.45, 7) is 6.95. The number of fused-ring (bicyclic) bond motifs is 2. The van der Waals surface area contributed by atoms with E-state index in [1.165, 1.54) is 0 Å². The van der Waals surface area contributed by atoms with Gasteiger partial charge in [0.1, 0.15) is 17.9 Å². The Bertz CT molecular complexity index is 2650. The molecule has 2 aliphatic rings. The summed E-state index contributed by atoms with van der Waals surface area (Å²) in [4.78, 5) is 37.6. The quantitative estimate of drug-likeness (QED) is 0.137. The Morgan fingerprint density at radius 1 is 0.557 bits per heavy atom. The molecule has 0 radical (unpaired) electrons. The van der Waals surface area contributed by atoms with E-state index in [9.17, 15) is 4.79 Å². The molecule has 308 valence electrons. The lowest BCUT2D eigenvalue weighted by molar-refractivity contribution is 0.112. The zero-order valence-corrected chi connectivity index (χ0v) is 33.6. The van der Waals surface area contributed by atoms with Gasteiger partial charge in [-0.15, -0.1) is 10.2 Å². The smallest absolute Gasteiger partial charge is 0.254 e. The van der Waals surface area contributed by atoms with Gasteiger partial charge in [0.2, 0.25) is 0 Å². The number of morpholine rings is 2. The van der Waals surface area contributed by atoms with Gasteiger partial charge in [0, 0.05) is 67.8 Å². The van der Waals surface area contributed by atoms with E-state index in [0.717, 1.165) is 77.7 Å². The molecule has 15 heteroatoms. The van der Waals surface area contributed by atoms with Crippen molar-refractivity contribution in [1.82, 2.24) is 39.2 Å². The third-order valence-electron chi connectivity index (χ3n) is 9.86. The van der Waals surface area contributed by atoms with Gasteiger partial charge in [-0.2, -0.15) is 19.0 Å². The lowest BCUT2D eigenvalue weighted by Crippen LogP contribution is -2.37. The van der Waals surface area contributed by atoms with Crippen molar-refractivity contribution in [3.05, 3.63) is 156 Å². The first-order chi connectivity index (χ1) is 30.1. The first kappa shape index (κ1) is 40.6. The second kappa shape index (κ2) is 20.2. The third kappa shape index (κ3) is 10.3. The predicted octanol–water partition coefficient (Wildman–Crippen LogP) is 5.83. The number of hydrogen-bond donors (Lipinski definition) is 1. The number of benzene rings is 4. The van der Waals surface area contributed by atoms with Crippen LogP contribution < -0.4 is 15.5 Å². The SMILES string of the molecule is C(=NCc1cc(N2CCOCC2)n2nc(-c3ccccc3)nc2n1)c1ccccc1.NCc1cc(N2CCOCC2)n2nc(-c3ccccc3)nc2n1.O=Cc1ccccc1. The summed E-state index contributed by atoms with van der Waals surface area (Å²) in [6, 6.07) is 43.1. The summed E-state index contributed by atoms with van der Waals surface area (Å²) in [7, 11) is 0. The van der Waals surface area contributed by atoms with Crippen LogP contribution in [-0.2, 0) is 22.6 Å². The van der Waals surface area contributed by atoms with Crippen LogP contribution in [0.15, 0.2) is 138 Å². The van der Waals surface area contributed by atoms with Gasteiger partial charge < -0.3 is 25.0 Å². The van der Waals surface area contributed by atoms with Crippen molar-refractivity contribution in [3.63, 3.8) is 0 Å². The average Bonchev–Trinajstić information content (AvgIpc) is 3.98. The van der Waals surface area contributed by atoms with Crippen LogP contribution in [0.25, 0.3) is 34.3 Å². The van der Waals surface area contributed by atoms with Crippen LogP contribution in [0, 0.1) is 0 Å². The van der Waals surface area contributed by atoms with E-state index >= 15 is 0 Å². The molecule has 0 amide bonds. The number of ether oxygens (including phenoxy) is 2. The Morgan fingerprint density at radius 3 is 1.43 bits per heavy atom. The number of hydrogen-bond acceptors (Lipinski definition) is 13. The van der Waals surface area contributed by atoms with Crippen LogP contribution in [0.3, 0.4) is 0 Å².